The molecule has 2 aromatic carbocycles. The van der Waals surface area contributed by atoms with Crippen LogP contribution in [0.5, 0.6) is 0 Å². The molecule has 7 aliphatic carbocycles. The van der Waals surface area contributed by atoms with Crippen LogP contribution in [0.4, 0.5) is 4.39 Å². The minimum absolute atomic E-state index is 0.160. The van der Waals surface area contributed by atoms with E-state index in [1.807, 2.05) is 18.2 Å². The van der Waals surface area contributed by atoms with Crippen LogP contribution in [0.1, 0.15) is 124 Å². The first-order valence-corrected chi connectivity index (χ1v) is 20.3. The maximum Gasteiger partial charge on any atom is 0.167 e. The van der Waals surface area contributed by atoms with Gasteiger partial charge >= 0.3 is 0 Å². The van der Waals surface area contributed by atoms with Gasteiger partial charge in [0.1, 0.15) is 5.82 Å². The normalized spacial score (nSPS) is 35.0. The van der Waals surface area contributed by atoms with Crippen molar-refractivity contribution in [1.82, 2.24) is 4.90 Å². The Balaban J connectivity index is 1.25. The van der Waals surface area contributed by atoms with Crippen LogP contribution in [0.15, 0.2) is 48.0 Å². The summed E-state index contributed by atoms with van der Waals surface area (Å²) in [6.45, 7) is 5.49. The van der Waals surface area contributed by atoms with E-state index >= 15 is 0 Å². The highest BCUT2D eigenvalue weighted by atomic mass is 35.5. The van der Waals surface area contributed by atoms with Gasteiger partial charge < -0.3 is 20.4 Å². The van der Waals surface area contributed by atoms with Crippen LogP contribution in [-0.2, 0) is 12.8 Å². The molecule has 0 heterocycles. The van der Waals surface area contributed by atoms with E-state index in [2.05, 4.69) is 24.8 Å². The van der Waals surface area contributed by atoms with Crippen molar-refractivity contribution in [2.45, 2.75) is 127 Å². The molecule has 0 saturated heterocycles. The number of rotatable bonds is 10. The first kappa shape index (κ1) is 38.2. The van der Waals surface area contributed by atoms with Crippen LogP contribution in [0, 0.1) is 34.4 Å². The molecule has 0 aliphatic heterocycles. The highest BCUT2D eigenvalue weighted by molar-refractivity contribution is 6.31. The number of carbonyl (C=O) groups excluding carboxylic acids is 1. The molecule has 0 amide bonds. The van der Waals surface area contributed by atoms with Crippen molar-refractivity contribution in [3.63, 3.8) is 0 Å². The predicted octanol–water partition coefficient (Wildman–Crippen LogP) is 7.81. The van der Waals surface area contributed by atoms with Gasteiger partial charge in [0.25, 0.3) is 0 Å². The Morgan fingerprint density at radius 2 is 1.75 bits per heavy atom. The molecule has 0 spiro atoms. The minimum Gasteiger partial charge on any atom is -0.394 e. The summed E-state index contributed by atoms with van der Waals surface area (Å²) in [6.07, 6.45) is 12.7. The molecule has 52 heavy (non-hydrogen) atoms. The smallest absolute Gasteiger partial charge is 0.167 e. The fraction of sp³-hybridized carbons (Fsp3) is 0.659. The second-order valence-electron chi connectivity index (χ2n) is 18.2. The number of hydrogen-bond acceptors (Lipinski definition) is 6. The minimum atomic E-state index is -1.13. The van der Waals surface area contributed by atoms with Gasteiger partial charge in [-0.3, -0.25) is 9.69 Å². The molecule has 6 bridgehead atoms. The van der Waals surface area contributed by atoms with E-state index < -0.39 is 29.0 Å². The Labute approximate surface area is 314 Å². The van der Waals surface area contributed by atoms with E-state index in [-0.39, 0.29) is 40.7 Å². The maximum atomic E-state index is 15.0. The first-order chi connectivity index (χ1) is 24.8. The van der Waals surface area contributed by atoms with Gasteiger partial charge in [0, 0.05) is 47.6 Å². The fourth-order valence-corrected chi connectivity index (χ4v) is 12.3. The highest BCUT2D eigenvalue weighted by Crippen LogP contribution is 2.62. The Hall–Kier alpha value is -2.13. The van der Waals surface area contributed by atoms with Crippen LogP contribution in [0.25, 0.3) is 0 Å². The monoisotopic (exact) mass is 735 g/mol. The summed E-state index contributed by atoms with van der Waals surface area (Å²) < 4.78 is 15.0. The molecular formula is C44H59ClFNO5. The van der Waals surface area contributed by atoms with E-state index in [0.29, 0.717) is 50.8 Å². The van der Waals surface area contributed by atoms with Gasteiger partial charge in [0.05, 0.1) is 24.4 Å². The van der Waals surface area contributed by atoms with Gasteiger partial charge in [-0.05, 0) is 149 Å². The molecule has 4 N–H and O–H groups in total. The summed E-state index contributed by atoms with van der Waals surface area (Å²) in [7, 11) is 0. The fourth-order valence-electron chi connectivity index (χ4n) is 12.1. The molecule has 5 fully saturated rings. The van der Waals surface area contributed by atoms with Crippen molar-refractivity contribution in [1.29, 1.82) is 0 Å². The number of nitrogens with zero attached hydrogens (tertiary/aromatic N) is 1. The topological polar surface area (TPSA) is 101 Å². The highest BCUT2D eigenvalue weighted by Gasteiger charge is 2.58. The lowest BCUT2D eigenvalue weighted by Crippen LogP contribution is -2.57. The third-order valence-corrected chi connectivity index (χ3v) is 14.6. The van der Waals surface area contributed by atoms with Crippen LogP contribution >= 0.6 is 11.6 Å². The SMILES string of the molecule is CC1=CCCC2(C)C(CCC2(O)CN(CC(O)CO)CC23CC4CC(CC(C4)C2)C3)c2ccc(cc2C(=O)Cc2c(F)cccc2Cl)CC(O)CC1. The zero-order chi connectivity index (χ0) is 36.8. The summed E-state index contributed by atoms with van der Waals surface area (Å²) in [5.41, 5.74) is 2.04. The molecule has 284 valence electrons. The number of Topliss-reactive ketones (excluding diaryl/α,β-unsaturated/α-hetero) is 1. The van der Waals surface area contributed by atoms with E-state index in [9.17, 15) is 29.6 Å². The average molecular weight is 736 g/mol. The Morgan fingerprint density at radius 3 is 2.42 bits per heavy atom. The van der Waals surface area contributed by atoms with E-state index in [0.717, 1.165) is 48.3 Å². The third kappa shape index (κ3) is 7.70. The third-order valence-electron chi connectivity index (χ3n) is 14.3. The van der Waals surface area contributed by atoms with Crippen molar-refractivity contribution in [3.8, 4) is 0 Å². The van der Waals surface area contributed by atoms with Gasteiger partial charge in [-0.25, -0.2) is 4.39 Å². The molecule has 8 heteroatoms. The Bertz CT molecular complexity index is 1610. The van der Waals surface area contributed by atoms with Crippen LogP contribution < -0.4 is 0 Å². The molecule has 0 aromatic heterocycles. The quantitative estimate of drug-likeness (QED) is 0.147. The summed E-state index contributed by atoms with van der Waals surface area (Å²) in [5.74, 6) is 1.44. The van der Waals surface area contributed by atoms with Crippen LogP contribution in [0.3, 0.4) is 0 Å². The number of allylic oxidation sites excluding steroid dienone is 2. The number of carbonyl (C=O) groups is 1. The number of aliphatic hydroxyl groups is 4. The molecule has 0 radical (unpaired) electrons. The van der Waals surface area contributed by atoms with Gasteiger partial charge in [-0.2, -0.15) is 0 Å². The van der Waals surface area contributed by atoms with Crippen molar-refractivity contribution in [3.05, 3.63) is 81.1 Å². The molecule has 9 rings (SSSR count). The van der Waals surface area contributed by atoms with E-state index in [4.69, 9.17) is 11.6 Å². The molecule has 5 atom stereocenters. The van der Waals surface area contributed by atoms with Crippen LogP contribution in [-0.4, -0.2) is 75.2 Å². The lowest BCUT2D eigenvalue weighted by atomic mass is 9.49. The standard InChI is InChI=1S/C44H59ClFNO5/c1-28-5-4-13-42(2)38(35-11-9-29(18-33(49)10-8-28)19-36(35)41(51)20-37-39(45)6-3-7-40(37)46)12-14-44(42,52)27-47(24-34(50)25-48)26-43-21-30-15-31(22-43)17-32(16-30)23-43/h3,5-7,9,11,19,30-34,38,48-50,52H,4,8,10,12-18,20-27H2,1-2H3. The van der Waals surface area contributed by atoms with Gasteiger partial charge in [-0.1, -0.05) is 48.4 Å². The summed E-state index contributed by atoms with van der Waals surface area (Å²) >= 11 is 6.41. The van der Waals surface area contributed by atoms with Gasteiger partial charge in [-0.15, -0.1) is 0 Å². The van der Waals surface area contributed by atoms with Crippen molar-refractivity contribution in [2.75, 3.05) is 26.2 Å². The molecule has 6 nitrogen and oxygen atoms in total. The Kier molecular flexibility index (Phi) is 11.1. The summed E-state index contributed by atoms with van der Waals surface area (Å²) in [5, 5.41) is 45.1. The zero-order valence-electron chi connectivity index (χ0n) is 31.1. The number of benzene rings is 2. The number of aliphatic hydroxyl groups excluding tert-OH is 3. The second-order valence-corrected chi connectivity index (χ2v) is 18.6. The number of hydrogen-bond donors (Lipinski definition) is 4. The molecule has 5 saturated carbocycles. The van der Waals surface area contributed by atoms with Gasteiger partial charge in [0.2, 0.25) is 0 Å². The molecule has 5 unspecified atom stereocenters. The lowest BCUT2D eigenvalue weighted by Gasteiger charge is -2.58. The molecule has 7 aliphatic rings. The van der Waals surface area contributed by atoms with Crippen molar-refractivity contribution in [2.24, 2.45) is 28.6 Å². The Morgan fingerprint density at radius 1 is 1.04 bits per heavy atom. The van der Waals surface area contributed by atoms with Crippen LogP contribution in [0.2, 0.25) is 5.02 Å². The van der Waals surface area contributed by atoms with E-state index in [1.165, 1.54) is 56.2 Å². The number of halogens is 2. The maximum absolute atomic E-state index is 15.0. The lowest BCUT2D eigenvalue weighted by molar-refractivity contribution is -0.114. The van der Waals surface area contributed by atoms with Crippen molar-refractivity contribution < 1.29 is 29.6 Å². The molecule has 2 aromatic rings. The average Bonchev–Trinajstić information content (AvgIpc) is 3.33. The van der Waals surface area contributed by atoms with Gasteiger partial charge in [0.15, 0.2) is 5.78 Å². The first-order valence-electron chi connectivity index (χ1n) is 19.9. The predicted molar refractivity (Wildman–Crippen MR) is 203 cm³/mol. The number of ketones is 1. The second kappa shape index (κ2) is 15.2. The zero-order valence-corrected chi connectivity index (χ0v) is 31.9. The van der Waals surface area contributed by atoms with E-state index in [1.54, 1.807) is 6.07 Å². The summed E-state index contributed by atoms with van der Waals surface area (Å²) in [6, 6.07) is 10.4. The largest absolute Gasteiger partial charge is 0.394 e. The molecular weight excluding hydrogens is 677 g/mol. The summed E-state index contributed by atoms with van der Waals surface area (Å²) in [4.78, 5) is 16.6. The number of fused-ring (bicyclic) bond motifs is 8. The van der Waals surface area contributed by atoms with Crippen molar-refractivity contribution >= 4 is 17.4 Å².